The Morgan fingerprint density at radius 3 is 3.00 bits per heavy atom. The maximum Gasteiger partial charge on any atom is 0.245 e. The van der Waals surface area contributed by atoms with Gasteiger partial charge in [-0.05, 0) is 38.0 Å². The lowest BCUT2D eigenvalue weighted by molar-refractivity contribution is -0.135. The molecule has 24 heavy (non-hydrogen) atoms. The fourth-order valence-corrected chi connectivity index (χ4v) is 3.54. The summed E-state index contributed by atoms with van der Waals surface area (Å²) >= 11 is 0. The molecule has 1 aliphatic heterocycles. The molecule has 2 aromatic heterocycles. The summed E-state index contributed by atoms with van der Waals surface area (Å²) in [5.41, 5.74) is 1.92. The molecule has 1 saturated heterocycles. The van der Waals surface area contributed by atoms with Crippen LogP contribution < -0.4 is 0 Å². The second-order valence-electron chi connectivity index (χ2n) is 6.38. The van der Waals surface area contributed by atoms with Gasteiger partial charge in [-0.2, -0.15) is 5.10 Å². The molecule has 124 valence electrons. The molecule has 0 N–H and O–H groups in total. The van der Waals surface area contributed by atoms with E-state index in [4.69, 9.17) is 0 Å². The molecule has 1 fully saturated rings. The lowest BCUT2D eigenvalue weighted by atomic mass is 10.0. The van der Waals surface area contributed by atoms with Gasteiger partial charge in [-0.25, -0.2) is 4.98 Å². The third-order valence-corrected chi connectivity index (χ3v) is 4.86. The van der Waals surface area contributed by atoms with Crippen LogP contribution in [0.15, 0.2) is 49.1 Å². The third kappa shape index (κ3) is 2.58. The minimum atomic E-state index is -0.256. The van der Waals surface area contributed by atoms with E-state index in [1.807, 2.05) is 57.6 Å². The van der Waals surface area contributed by atoms with E-state index in [1.54, 1.807) is 12.5 Å². The summed E-state index contributed by atoms with van der Waals surface area (Å²) < 4.78 is 3.94. The number of piperidine rings is 1. The van der Waals surface area contributed by atoms with Crippen LogP contribution in [0, 0.1) is 0 Å². The van der Waals surface area contributed by atoms with E-state index in [-0.39, 0.29) is 18.0 Å². The van der Waals surface area contributed by atoms with E-state index in [2.05, 4.69) is 10.1 Å². The molecule has 1 aromatic carbocycles. The van der Waals surface area contributed by atoms with E-state index < -0.39 is 0 Å². The first kappa shape index (κ1) is 14.9. The first-order chi connectivity index (χ1) is 11.7. The first-order valence-corrected chi connectivity index (χ1v) is 8.43. The first-order valence-electron chi connectivity index (χ1n) is 8.43. The van der Waals surface area contributed by atoms with Crippen molar-refractivity contribution in [3.8, 4) is 0 Å². The molecule has 1 amide bonds. The molecule has 3 heterocycles. The average molecular weight is 323 g/mol. The smallest absolute Gasteiger partial charge is 0.245 e. The predicted octanol–water partition coefficient (Wildman–Crippen LogP) is 2.66. The second-order valence-corrected chi connectivity index (χ2v) is 6.38. The Balaban J connectivity index is 1.54. The minimum absolute atomic E-state index is 0.148. The molecule has 0 spiro atoms. The van der Waals surface area contributed by atoms with Gasteiger partial charge in [-0.15, -0.1) is 0 Å². The van der Waals surface area contributed by atoms with Gasteiger partial charge in [0.25, 0.3) is 0 Å². The molecule has 6 heteroatoms. The van der Waals surface area contributed by atoms with Gasteiger partial charge in [-0.3, -0.25) is 9.48 Å². The summed E-state index contributed by atoms with van der Waals surface area (Å²) in [6.07, 6.45) is 7.61. The number of imidazole rings is 1. The van der Waals surface area contributed by atoms with Crippen LogP contribution in [0.1, 0.15) is 31.8 Å². The second kappa shape index (κ2) is 6.11. The van der Waals surface area contributed by atoms with Crippen molar-refractivity contribution in [2.24, 2.45) is 0 Å². The number of para-hydroxylation sites is 2. The Hall–Kier alpha value is -2.63. The minimum Gasteiger partial charge on any atom is -0.339 e. The zero-order valence-corrected chi connectivity index (χ0v) is 13.7. The highest BCUT2D eigenvalue weighted by Crippen LogP contribution is 2.24. The predicted molar refractivity (Wildman–Crippen MR) is 91.5 cm³/mol. The highest BCUT2D eigenvalue weighted by molar-refractivity contribution is 5.83. The number of hydrogen-bond donors (Lipinski definition) is 0. The Kier molecular flexibility index (Phi) is 3.80. The van der Waals surface area contributed by atoms with Crippen LogP contribution in [0.3, 0.4) is 0 Å². The largest absolute Gasteiger partial charge is 0.339 e. The molecule has 4 rings (SSSR count). The maximum atomic E-state index is 13.0. The molecule has 6 nitrogen and oxygen atoms in total. The lowest BCUT2D eigenvalue weighted by Gasteiger charge is -2.34. The zero-order chi connectivity index (χ0) is 16.5. The Bertz CT molecular complexity index is 838. The number of carbonyl (C=O) groups excluding carboxylic acids is 1. The summed E-state index contributed by atoms with van der Waals surface area (Å²) in [6, 6.07) is 9.86. The molecule has 0 bridgehead atoms. The topological polar surface area (TPSA) is 56.0 Å². The van der Waals surface area contributed by atoms with Crippen molar-refractivity contribution in [1.82, 2.24) is 24.2 Å². The van der Waals surface area contributed by atoms with Crippen molar-refractivity contribution in [2.75, 3.05) is 13.1 Å². The van der Waals surface area contributed by atoms with Gasteiger partial charge in [0.1, 0.15) is 6.04 Å². The normalized spacial score (nSPS) is 19.5. The van der Waals surface area contributed by atoms with E-state index in [0.717, 1.165) is 37.0 Å². The van der Waals surface area contributed by atoms with Gasteiger partial charge in [0, 0.05) is 25.5 Å². The van der Waals surface area contributed by atoms with Crippen molar-refractivity contribution < 1.29 is 4.79 Å². The standard InChI is InChI=1S/C18H21N5O/c1-14(22-13-19-16-7-2-3-8-17(16)22)18(24)21-10-4-6-15(12-21)23-11-5-9-20-23/h2-3,5,7-9,11,13-15H,4,6,10,12H2,1H3. The van der Waals surface area contributed by atoms with Crippen molar-refractivity contribution >= 4 is 16.9 Å². The fourth-order valence-electron chi connectivity index (χ4n) is 3.54. The van der Waals surface area contributed by atoms with E-state index in [9.17, 15) is 4.79 Å². The number of benzene rings is 1. The molecule has 2 unspecified atom stereocenters. The monoisotopic (exact) mass is 323 g/mol. The maximum absolute atomic E-state index is 13.0. The van der Waals surface area contributed by atoms with E-state index in [1.165, 1.54) is 0 Å². The SMILES string of the molecule is CC(C(=O)N1CCCC(n2cccn2)C1)n1cnc2ccccc21. The highest BCUT2D eigenvalue weighted by Gasteiger charge is 2.29. The fraction of sp³-hybridized carbons (Fsp3) is 0.389. The number of likely N-dealkylation sites (tertiary alicyclic amines) is 1. The molecule has 2 atom stereocenters. The number of fused-ring (bicyclic) bond motifs is 1. The number of hydrogen-bond acceptors (Lipinski definition) is 3. The van der Waals surface area contributed by atoms with Crippen molar-refractivity contribution in [1.29, 1.82) is 0 Å². The highest BCUT2D eigenvalue weighted by atomic mass is 16.2. The summed E-state index contributed by atoms with van der Waals surface area (Å²) in [7, 11) is 0. The summed E-state index contributed by atoms with van der Waals surface area (Å²) in [4.78, 5) is 19.4. The Labute approximate surface area is 140 Å². The van der Waals surface area contributed by atoms with Crippen LogP contribution in [-0.4, -0.2) is 43.2 Å². The number of amides is 1. The van der Waals surface area contributed by atoms with Crippen LogP contribution in [0.2, 0.25) is 0 Å². The Morgan fingerprint density at radius 1 is 1.29 bits per heavy atom. The molecule has 3 aromatic rings. The van der Waals surface area contributed by atoms with E-state index >= 15 is 0 Å². The van der Waals surface area contributed by atoms with Crippen molar-refractivity contribution in [3.05, 3.63) is 49.1 Å². The van der Waals surface area contributed by atoms with Crippen LogP contribution in [0.4, 0.5) is 0 Å². The van der Waals surface area contributed by atoms with Crippen LogP contribution in [-0.2, 0) is 4.79 Å². The number of rotatable bonds is 3. The number of carbonyl (C=O) groups is 1. The lowest BCUT2D eigenvalue weighted by Crippen LogP contribution is -2.43. The summed E-state index contributed by atoms with van der Waals surface area (Å²) in [6.45, 7) is 3.49. The van der Waals surface area contributed by atoms with Gasteiger partial charge in [-0.1, -0.05) is 12.1 Å². The third-order valence-electron chi connectivity index (χ3n) is 4.86. The molecule has 1 aliphatic rings. The molecular weight excluding hydrogens is 302 g/mol. The molecule has 0 saturated carbocycles. The van der Waals surface area contributed by atoms with Gasteiger partial charge >= 0.3 is 0 Å². The molecule has 0 aliphatic carbocycles. The van der Waals surface area contributed by atoms with Crippen LogP contribution in [0.25, 0.3) is 11.0 Å². The summed E-state index contributed by atoms with van der Waals surface area (Å²) in [5.74, 6) is 0.148. The van der Waals surface area contributed by atoms with Gasteiger partial charge in [0.15, 0.2) is 0 Å². The van der Waals surface area contributed by atoms with Crippen molar-refractivity contribution in [2.45, 2.75) is 31.8 Å². The summed E-state index contributed by atoms with van der Waals surface area (Å²) in [5, 5.41) is 4.33. The molecule has 0 radical (unpaired) electrons. The van der Waals surface area contributed by atoms with Crippen LogP contribution >= 0.6 is 0 Å². The van der Waals surface area contributed by atoms with Crippen molar-refractivity contribution in [3.63, 3.8) is 0 Å². The Morgan fingerprint density at radius 2 is 2.17 bits per heavy atom. The zero-order valence-electron chi connectivity index (χ0n) is 13.7. The quantitative estimate of drug-likeness (QED) is 0.744. The molecular formula is C18H21N5O. The van der Waals surface area contributed by atoms with E-state index in [0.29, 0.717) is 0 Å². The van der Waals surface area contributed by atoms with Gasteiger partial charge in [0.05, 0.1) is 23.4 Å². The van der Waals surface area contributed by atoms with Crippen LogP contribution in [0.5, 0.6) is 0 Å². The number of aromatic nitrogens is 4. The average Bonchev–Trinajstić information content (AvgIpc) is 3.30. The van der Waals surface area contributed by atoms with Gasteiger partial charge in [0.2, 0.25) is 5.91 Å². The number of nitrogens with zero attached hydrogens (tertiary/aromatic N) is 5. The van der Waals surface area contributed by atoms with Gasteiger partial charge < -0.3 is 9.47 Å².